The Morgan fingerprint density at radius 1 is 1.11 bits per heavy atom. The number of carbonyl (C=O) groups excluding carboxylic acids is 2. The van der Waals surface area contributed by atoms with Crippen molar-refractivity contribution in [3.8, 4) is 11.5 Å². The van der Waals surface area contributed by atoms with Gasteiger partial charge in [-0.05, 0) is 69.5 Å². The van der Waals surface area contributed by atoms with Crippen LogP contribution in [-0.2, 0) is 9.59 Å². The number of amides is 2. The van der Waals surface area contributed by atoms with E-state index in [0.29, 0.717) is 41.8 Å². The number of nitrogens with one attached hydrogen (secondary N) is 2. The standard InChI is InChI=1S/C28H34N6O4/c1-7-33(8-2)24(35)15-38-22-13-12-20(14-23(22)37-6)26-25(19(5)31-28-29-16-30-34(26)28)27(36)32-21-11-9-10-17(3)18(21)4/h9-14,16,26H,7-8,15H2,1-6H3,(H,32,36)(H,29,30,31). The van der Waals surface area contributed by atoms with Crippen molar-refractivity contribution in [1.29, 1.82) is 0 Å². The molecule has 0 bridgehead atoms. The summed E-state index contributed by atoms with van der Waals surface area (Å²) in [5, 5.41) is 10.7. The third-order valence-electron chi connectivity index (χ3n) is 6.86. The molecule has 0 saturated carbocycles. The molecule has 2 amide bonds. The number of hydrogen-bond donors (Lipinski definition) is 2. The average Bonchev–Trinajstić information content (AvgIpc) is 3.37. The minimum atomic E-state index is -0.570. The number of methoxy groups -OCH3 is 1. The minimum absolute atomic E-state index is 0.0968. The van der Waals surface area contributed by atoms with Crippen molar-refractivity contribution < 1.29 is 19.1 Å². The molecule has 2 N–H and O–H groups in total. The highest BCUT2D eigenvalue weighted by molar-refractivity contribution is 6.06. The highest BCUT2D eigenvalue weighted by Crippen LogP contribution is 2.39. The quantitative estimate of drug-likeness (QED) is 0.439. The first kappa shape index (κ1) is 26.7. The number of hydrogen-bond acceptors (Lipinski definition) is 7. The average molecular weight is 519 g/mol. The molecular formula is C28H34N6O4. The van der Waals surface area contributed by atoms with Crippen molar-refractivity contribution in [2.75, 3.05) is 37.4 Å². The van der Waals surface area contributed by atoms with Gasteiger partial charge in [-0.1, -0.05) is 18.2 Å². The Morgan fingerprint density at radius 3 is 2.58 bits per heavy atom. The van der Waals surface area contributed by atoms with Crippen LogP contribution in [-0.4, -0.2) is 58.3 Å². The summed E-state index contributed by atoms with van der Waals surface area (Å²) >= 11 is 0. The molecule has 0 fully saturated rings. The van der Waals surface area contributed by atoms with Crippen molar-refractivity contribution >= 4 is 23.5 Å². The minimum Gasteiger partial charge on any atom is -0.493 e. The van der Waals surface area contributed by atoms with Gasteiger partial charge in [-0.25, -0.2) is 4.68 Å². The number of ether oxygens (including phenoxy) is 2. The monoisotopic (exact) mass is 518 g/mol. The van der Waals surface area contributed by atoms with Gasteiger partial charge < -0.3 is 25.0 Å². The largest absolute Gasteiger partial charge is 0.493 e. The Balaban J connectivity index is 1.68. The van der Waals surface area contributed by atoms with Gasteiger partial charge in [0.1, 0.15) is 12.4 Å². The lowest BCUT2D eigenvalue weighted by atomic mass is 9.94. The molecule has 1 aromatic heterocycles. The predicted molar refractivity (Wildman–Crippen MR) is 145 cm³/mol. The van der Waals surface area contributed by atoms with Crippen LogP contribution in [0.3, 0.4) is 0 Å². The van der Waals surface area contributed by atoms with Gasteiger partial charge in [0.15, 0.2) is 18.1 Å². The molecule has 1 atom stereocenters. The molecule has 10 nitrogen and oxygen atoms in total. The summed E-state index contributed by atoms with van der Waals surface area (Å²) in [7, 11) is 1.54. The fraction of sp³-hybridized carbons (Fsp3) is 0.357. The summed E-state index contributed by atoms with van der Waals surface area (Å²) in [6, 6.07) is 10.6. The van der Waals surface area contributed by atoms with E-state index in [2.05, 4.69) is 20.7 Å². The number of carbonyl (C=O) groups is 2. The number of allylic oxidation sites excluding steroid dienone is 1. The van der Waals surface area contributed by atoms with Crippen molar-refractivity contribution in [1.82, 2.24) is 19.7 Å². The SMILES string of the molecule is CCN(CC)C(=O)COc1ccc(C2C(C(=O)Nc3cccc(C)c3C)=C(C)Nc3ncnn32)cc1OC. The van der Waals surface area contributed by atoms with Gasteiger partial charge >= 0.3 is 0 Å². The Bertz CT molecular complexity index is 1380. The normalized spacial score (nSPS) is 14.4. The van der Waals surface area contributed by atoms with Crippen LogP contribution in [0.15, 0.2) is 54.0 Å². The molecule has 0 spiro atoms. The van der Waals surface area contributed by atoms with E-state index in [1.807, 2.05) is 58.9 Å². The molecule has 1 aliphatic heterocycles. The molecule has 0 aliphatic carbocycles. The fourth-order valence-electron chi connectivity index (χ4n) is 4.55. The van der Waals surface area contributed by atoms with Crippen LogP contribution in [0.2, 0.25) is 0 Å². The van der Waals surface area contributed by atoms with E-state index in [0.717, 1.165) is 22.4 Å². The molecule has 10 heteroatoms. The third-order valence-corrected chi connectivity index (χ3v) is 6.86. The van der Waals surface area contributed by atoms with E-state index < -0.39 is 6.04 Å². The molecular weight excluding hydrogens is 484 g/mol. The molecule has 2 heterocycles. The van der Waals surface area contributed by atoms with E-state index in [4.69, 9.17) is 9.47 Å². The molecule has 4 rings (SSSR count). The smallest absolute Gasteiger partial charge is 0.260 e. The summed E-state index contributed by atoms with van der Waals surface area (Å²) in [4.78, 5) is 32.2. The fourth-order valence-corrected chi connectivity index (χ4v) is 4.55. The molecule has 38 heavy (non-hydrogen) atoms. The lowest BCUT2D eigenvalue weighted by Crippen LogP contribution is -2.34. The van der Waals surface area contributed by atoms with Crippen LogP contribution in [0.25, 0.3) is 0 Å². The van der Waals surface area contributed by atoms with Gasteiger partial charge in [-0.3, -0.25) is 9.59 Å². The second-order valence-corrected chi connectivity index (χ2v) is 9.06. The van der Waals surface area contributed by atoms with E-state index in [-0.39, 0.29) is 18.4 Å². The van der Waals surface area contributed by atoms with Crippen molar-refractivity contribution in [3.05, 3.63) is 70.7 Å². The second-order valence-electron chi connectivity index (χ2n) is 9.06. The van der Waals surface area contributed by atoms with Crippen LogP contribution in [0.4, 0.5) is 11.6 Å². The highest BCUT2D eigenvalue weighted by atomic mass is 16.5. The summed E-state index contributed by atoms with van der Waals surface area (Å²) < 4.78 is 13.1. The first-order chi connectivity index (χ1) is 18.3. The second kappa shape index (κ2) is 11.4. The topological polar surface area (TPSA) is 111 Å². The van der Waals surface area contributed by atoms with Crippen molar-refractivity contribution in [2.24, 2.45) is 0 Å². The lowest BCUT2D eigenvalue weighted by Gasteiger charge is -2.29. The summed E-state index contributed by atoms with van der Waals surface area (Å²) in [6.45, 7) is 10.8. The van der Waals surface area contributed by atoms with Gasteiger partial charge in [0, 0.05) is 24.5 Å². The zero-order valence-electron chi connectivity index (χ0n) is 22.7. The first-order valence-corrected chi connectivity index (χ1v) is 12.6. The van der Waals surface area contributed by atoms with Crippen LogP contribution >= 0.6 is 0 Å². The molecule has 2 aromatic carbocycles. The Morgan fingerprint density at radius 2 is 1.87 bits per heavy atom. The van der Waals surface area contributed by atoms with E-state index >= 15 is 0 Å². The number of likely N-dealkylation sites (N-methyl/N-ethyl adjacent to an activating group) is 1. The van der Waals surface area contributed by atoms with E-state index in [1.54, 1.807) is 21.7 Å². The van der Waals surface area contributed by atoms with Crippen molar-refractivity contribution in [3.63, 3.8) is 0 Å². The predicted octanol–water partition coefficient (Wildman–Crippen LogP) is 4.08. The van der Waals surface area contributed by atoms with E-state index in [1.165, 1.54) is 13.4 Å². The number of aromatic nitrogens is 3. The number of nitrogens with zero attached hydrogens (tertiary/aromatic N) is 4. The summed E-state index contributed by atoms with van der Waals surface area (Å²) in [5.41, 5.74) is 4.76. The molecule has 3 aromatic rings. The maximum atomic E-state index is 13.7. The maximum absolute atomic E-state index is 13.7. The molecule has 200 valence electrons. The summed E-state index contributed by atoms with van der Waals surface area (Å²) in [6.07, 6.45) is 1.45. The molecule has 1 unspecified atom stereocenters. The zero-order chi connectivity index (χ0) is 27.4. The van der Waals surface area contributed by atoms with Crippen LogP contribution in [0.5, 0.6) is 11.5 Å². The summed E-state index contributed by atoms with van der Waals surface area (Å²) in [5.74, 6) is 1.06. The number of anilines is 2. The lowest BCUT2D eigenvalue weighted by molar-refractivity contribution is -0.133. The Kier molecular flexibility index (Phi) is 7.99. The molecule has 1 aliphatic rings. The highest BCUT2D eigenvalue weighted by Gasteiger charge is 2.34. The number of rotatable bonds is 9. The van der Waals surface area contributed by atoms with E-state index in [9.17, 15) is 9.59 Å². The number of benzene rings is 2. The van der Waals surface area contributed by atoms with Gasteiger partial charge in [-0.2, -0.15) is 10.1 Å². The maximum Gasteiger partial charge on any atom is 0.260 e. The van der Waals surface area contributed by atoms with Crippen LogP contribution in [0.1, 0.15) is 43.5 Å². The van der Waals surface area contributed by atoms with Gasteiger partial charge in [0.25, 0.3) is 11.8 Å². The molecule has 0 saturated heterocycles. The zero-order valence-corrected chi connectivity index (χ0v) is 22.7. The Labute approximate surface area is 222 Å². The van der Waals surface area contributed by atoms with Crippen LogP contribution in [0, 0.1) is 13.8 Å². The van der Waals surface area contributed by atoms with Crippen molar-refractivity contribution in [2.45, 2.75) is 40.7 Å². The van der Waals surface area contributed by atoms with Gasteiger partial charge in [0.2, 0.25) is 5.95 Å². The number of aryl methyl sites for hydroxylation is 1. The molecule has 0 radical (unpaired) electrons. The third kappa shape index (κ3) is 5.20. The van der Waals surface area contributed by atoms with Crippen LogP contribution < -0.4 is 20.1 Å². The number of fused-ring (bicyclic) bond motifs is 1. The Hall–Kier alpha value is -4.34. The first-order valence-electron chi connectivity index (χ1n) is 12.6. The van der Waals surface area contributed by atoms with Gasteiger partial charge in [-0.15, -0.1) is 0 Å². The van der Waals surface area contributed by atoms with Gasteiger partial charge in [0.05, 0.1) is 12.7 Å².